The third-order valence-corrected chi connectivity index (χ3v) is 6.07. The summed E-state index contributed by atoms with van der Waals surface area (Å²) < 4.78 is 46.9. The van der Waals surface area contributed by atoms with Crippen LogP contribution in [0.1, 0.15) is 20.3 Å². The van der Waals surface area contributed by atoms with E-state index >= 15 is 0 Å². The lowest BCUT2D eigenvalue weighted by Crippen LogP contribution is -2.43. The van der Waals surface area contributed by atoms with Gasteiger partial charge in [0.15, 0.2) is 15.8 Å². The third-order valence-electron chi connectivity index (χ3n) is 3.38. The van der Waals surface area contributed by atoms with Gasteiger partial charge in [0.1, 0.15) is 9.84 Å². The van der Waals surface area contributed by atoms with Crippen molar-refractivity contribution in [1.29, 1.82) is 0 Å². The number of sulfone groups is 2. The first-order valence-corrected chi connectivity index (χ1v) is 11.9. The molecule has 1 unspecified atom stereocenters. The first-order valence-electron chi connectivity index (χ1n) is 8.14. The molecule has 7 nitrogen and oxygen atoms in total. The van der Waals surface area contributed by atoms with Gasteiger partial charge >= 0.3 is 0 Å². The van der Waals surface area contributed by atoms with Crippen molar-refractivity contribution >= 4 is 49.6 Å². The number of hydrogen-bond acceptors (Lipinski definition) is 5. The summed E-state index contributed by atoms with van der Waals surface area (Å²) in [6.07, 6.45) is 1.65. The molecule has 0 saturated carbocycles. The molecule has 10 heteroatoms. The normalized spacial score (nSPS) is 13.6. The molecule has 0 aromatic heterocycles. The predicted molar refractivity (Wildman–Crippen MR) is 117 cm³/mol. The van der Waals surface area contributed by atoms with Crippen molar-refractivity contribution in [2.24, 2.45) is 4.99 Å². The van der Waals surface area contributed by atoms with E-state index in [-0.39, 0.29) is 53.0 Å². The Morgan fingerprint density at radius 1 is 1.12 bits per heavy atom. The molecular formula is C16H28IN3O4S2. The Bertz CT molecular complexity index is 766. The zero-order valence-corrected chi connectivity index (χ0v) is 19.3. The van der Waals surface area contributed by atoms with Gasteiger partial charge in [0.05, 0.1) is 22.9 Å². The molecule has 0 bridgehead atoms. The SMILES string of the molecule is CCNC(=NCCS(=O)(=O)c1ccccc1)NC(C)CCS(C)(=O)=O.I. The quantitative estimate of drug-likeness (QED) is 0.292. The predicted octanol–water partition coefficient (Wildman–Crippen LogP) is 1.46. The Hall–Kier alpha value is -0.880. The van der Waals surface area contributed by atoms with E-state index in [2.05, 4.69) is 15.6 Å². The Labute approximate surface area is 173 Å². The summed E-state index contributed by atoms with van der Waals surface area (Å²) in [6.45, 7) is 4.50. The molecule has 1 rings (SSSR count). The van der Waals surface area contributed by atoms with Crippen LogP contribution in [0.5, 0.6) is 0 Å². The van der Waals surface area contributed by atoms with Crippen LogP contribution in [0, 0.1) is 0 Å². The molecule has 0 aliphatic heterocycles. The second-order valence-electron chi connectivity index (χ2n) is 5.86. The van der Waals surface area contributed by atoms with Crippen LogP contribution < -0.4 is 10.6 Å². The first-order chi connectivity index (χ1) is 11.6. The maximum Gasteiger partial charge on any atom is 0.191 e. The van der Waals surface area contributed by atoms with E-state index < -0.39 is 19.7 Å². The molecule has 26 heavy (non-hydrogen) atoms. The van der Waals surface area contributed by atoms with Crippen LogP contribution >= 0.6 is 24.0 Å². The fraction of sp³-hybridized carbons (Fsp3) is 0.562. The second-order valence-corrected chi connectivity index (χ2v) is 10.2. The third kappa shape index (κ3) is 10.3. The number of hydrogen-bond donors (Lipinski definition) is 2. The van der Waals surface area contributed by atoms with Crippen molar-refractivity contribution in [1.82, 2.24) is 10.6 Å². The van der Waals surface area contributed by atoms with E-state index in [9.17, 15) is 16.8 Å². The minimum Gasteiger partial charge on any atom is -0.357 e. The summed E-state index contributed by atoms with van der Waals surface area (Å²) in [5, 5.41) is 6.13. The lowest BCUT2D eigenvalue weighted by atomic mass is 10.3. The van der Waals surface area contributed by atoms with E-state index in [1.807, 2.05) is 13.8 Å². The second kappa shape index (κ2) is 11.8. The van der Waals surface area contributed by atoms with Gasteiger partial charge in [0.2, 0.25) is 0 Å². The number of halogens is 1. The van der Waals surface area contributed by atoms with Gasteiger partial charge in [0, 0.05) is 18.8 Å². The molecular weight excluding hydrogens is 489 g/mol. The maximum atomic E-state index is 12.2. The van der Waals surface area contributed by atoms with E-state index in [0.29, 0.717) is 18.9 Å². The average Bonchev–Trinajstić information content (AvgIpc) is 2.53. The minimum absolute atomic E-state index is 0. The standard InChI is InChI=1S/C16H27N3O4S2.HI/c1-4-17-16(19-14(2)10-12-24(3,20)21)18-11-13-25(22,23)15-8-6-5-7-9-15;/h5-9,14H,4,10-13H2,1-3H3,(H2,17,18,19);1H. The number of benzene rings is 1. The molecule has 0 saturated heterocycles. The lowest BCUT2D eigenvalue weighted by molar-refractivity contribution is 0.580. The van der Waals surface area contributed by atoms with Gasteiger partial charge in [-0.25, -0.2) is 16.8 Å². The zero-order valence-electron chi connectivity index (χ0n) is 15.3. The van der Waals surface area contributed by atoms with Crippen molar-refractivity contribution in [3.8, 4) is 0 Å². The lowest BCUT2D eigenvalue weighted by Gasteiger charge is -2.17. The number of guanidine groups is 1. The van der Waals surface area contributed by atoms with E-state index in [4.69, 9.17) is 0 Å². The Kier molecular flexibility index (Phi) is 11.4. The number of nitrogens with zero attached hydrogens (tertiary/aromatic N) is 1. The number of aliphatic imine (C=N–C) groups is 1. The summed E-state index contributed by atoms with van der Waals surface area (Å²) >= 11 is 0. The monoisotopic (exact) mass is 517 g/mol. The van der Waals surface area contributed by atoms with Crippen LogP contribution in [0.3, 0.4) is 0 Å². The van der Waals surface area contributed by atoms with Crippen molar-refractivity contribution in [3.63, 3.8) is 0 Å². The van der Waals surface area contributed by atoms with Crippen LogP contribution in [0.4, 0.5) is 0 Å². The molecule has 0 heterocycles. The van der Waals surface area contributed by atoms with Crippen molar-refractivity contribution in [2.75, 3.05) is 30.9 Å². The van der Waals surface area contributed by atoms with Gasteiger partial charge in [-0.3, -0.25) is 4.99 Å². The van der Waals surface area contributed by atoms with Crippen LogP contribution in [0.15, 0.2) is 40.2 Å². The number of rotatable bonds is 9. The molecule has 0 aliphatic carbocycles. The summed E-state index contributed by atoms with van der Waals surface area (Å²) in [6, 6.07) is 8.17. The molecule has 1 aromatic rings. The van der Waals surface area contributed by atoms with Crippen LogP contribution in [0.25, 0.3) is 0 Å². The first kappa shape index (κ1) is 25.1. The van der Waals surface area contributed by atoms with Crippen molar-refractivity contribution < 1.29 is 16.8 Å². The smallest absolute Gasteiger partial charge is 0.191 e. The van der Waals surface area contributed by atoms with Crippen molar-refractivity contribution in [2.45, 2.75) is 31.2 Å². The largest absolute Gasteiger partial charge is 0.357 e. The topological polar surface area (TPSA) is 105 Å². The van der Waals surface area contributed by atoms with Gasteiger partial charge < -0.3 is 10.6 Å². The molecule has 2 N–H and O–H groups in total. The fourth-order valence-electron chi connectivity index (χ4n) is 2.04. The van der Waals surface area contributed by atoms with Gasteiger partial charge in [-0.1, -0.05) is 18.2 Å². The molecule has 0 amide bonds. The highest BCUT2D eigenvalue weighted by Crippen LogP contribution is 2.09. The molecule has 1 aromatic carbocycles. The van der Waals surface area contributed by atoms with E-state index in [1.54, 1.807) is 30.3 Å². The zero-order chi connectivity index (χ0) is 18.9. The van der Waals surface area contributed by atoms with Crippen molar-refractivity contribution in [3.05, 3.63) is 30.3 Å². The molecule has 0 radical (unpaired) electrons. The molecule has 0 aliphatic rings. The highest BCUT2D eigenvalue weighted by atomic mass is 127. The summed E-state index contributed by atoms with van der Waals surface area (Å²) in [5.74, 6) is 0.473. The average molecular weight is 517 g/mol. The molecule has 150 valence electrons. The van der Waals surface area contributed by atoms with Gasteiger partial charge in [-0.05, 0) is 32.4 Å². The number of nitrogens with one attached hydrogen (secondary N) is 2. The molecule has 0 spiro atoms. The Morgan fingerprint density at radius 2 is 1.73 bits per heavy atom. The van der Waals surface area contributed by atoms with Crippen LogP contribution in [-0.4, -0.2) is 59.7 Å². The summed E-state index contributed by atoms with van der Waals surface area (Å²) in [5.41, 5.74) is 0. The Morgan fingerprint density at radius 3 is 2.27 bits per heavy atom. The van der Waals surface area contributed by atoms with Gasteiger partial charge in [-0.2, -0.15) is 0 Å². The fourth-order valence-corrected chi connectivity index (χ4v) is 3.96. The van der Waals surface area contributed by atoms with E-state index in [0.717, 1.165) is 0 Å². The summed E-state index contributed by atoms with van der Waals surface area (Å²) in [4.78, 5) is 4.56. The minimum atomic E-state index is -3.37. The highest BCUT2D eigenvalue weighted by molar-refractivity contribution is 14.0. The summed E-state index contributed by atoms with van der Waals surface area (Å²) in [7, 11) is -6.38. The maximum absolute atomic E-state index is 12.2. The van der Waals surface area contributed by atoms with Crippen LogP contribution in [0.2, 0.25) is 0 Å². The van der Waals surface area contributed by atoms with Gasteiger partial charge in [0.25, 0.3) is 0 Å². The molecule has 0 fully saturated rings. The van der Waals surface area contributed by atoms with E-state index in [1.165, 1.54) is 6.26 Å². The Balaban J connectivity index is 0.00000625. The highest BCUT2D eigenvalue weighted by Gasteiger charge is 2.14. The van der Waals surface area contributed by atoms with Gasteiger partial charge in [-0.15, -0.1) is 24.0 Å². The molecule has 1 atom stereocenters. The van der Waals surface area contributed by atoms with Crippen LogP contribution in [-0.2, 0) is 19.7 Å².